The highest BCUT2D eigenvalue weighted by Gasteiger charge is 2.34. The maximum atomic E-state index is 12.9. The van der Waals surface area contributed by atoms with Gasteiger partial charge in [0.2, 0.25) is 0 Å². The Morgan fingerprint density at radius 1 is 1.42 bits per heavy atom. The van der Waals surface area contributed by atoms with E-state index in [0.717, 1.165) is 18.9 Å². The summed E-state index contributed by atoms with van der Waals surface area (Å²) in [5.41, 5.74) is -0.564. The quantitative estimate of drug-likeness (QED) is 0.879. The average Bonchev–Trinajstić information content (AvgIpc) is 2.80. The topological polar surface area (TPSA) is 21.3 Å². The molecule has 0 saturated carbocycles. The van der Waals surface area contributed by atoms with Gasteiger partial charge in [-0.15, -0.1) is 0 Å². The molecule has 6 heteroatoms. The molecule has 2 nitrogen and oxygen atoms in total. The highest BCUT2D eigenvalue weighted by atomic mass is 79.9. The van der Waals surface area contributed by atoms with Crippen molar-refractivity contribution in [2.75, 3.05) is 11.9 Å². The molecule has 1 aliphatic rings. The van der Waals surface area contributed by atoms with E-state index < -0.39 is 11.7 Å². The molecule has 1 aromatic rings. The molecule has 2 atom stereocenters. The maximum Gasteiger partial charge on any atom is 0.418 e. The van der Waals surface area contributed by atoms with Crippen molar-refractivity contribution in [3.63, 3.8) is 0 Å². The molecule has 1 aliphatic heterocycles. The normalized spacial score (nSPS) is 21.4. The van der Waals surface area contributed by atoms with Gasteiger partial charge in [-0.05, 0) is 38.0 Å². The Morgan fingerprint density at radius 2 is 2.16 bits per heavy atom. The minimum Gasteiger partial charge on any atom is -0.379 e. The number of hydrogen-bond acceptors (Lipinski definition) is 2. The van der Waals surface area contributed by atoms with Crippen LogP contribution < -0.4 is 5.32 Å². The van der Waals surface area contributed by atoms with Crippen molar-refractivity contribution in [2.24, 2.45) is 0 Å². The molecule has 1 aromatic carbocycles. The average molecular weight is 338 g/mol. The van der Waals surface area contributed by atoms with Gasteiger partial charge in [0.15, 0.2) is 0 Å². The van der Waals surface area contributed by atoms with Crippen LogP contribution in [0.25, 0.3) is 0 Å². The first-order valence-corrected chi connectivity index (χ1v) is 6.92. The third kappa shape index (κ3) is 3.63. The van der Waals surface area contributed by atoms with E-state index in [4.69, 9.17) is 4.74 Å². The molecule has 19 heavy (non-hydrogen) atoms. The molecule has 1 N–H and O–H groups in total. The first-order chi connectivity index (χ1) is 8.88. The van der Waals surface area contributed by atoms with E-state index >= 15 is 0 Å². The highest BCUT2D eigenvalue weighted by Crippen LogP contribution is 2.37. The SMILES string of the molecule is CC(Nc1cc(Br)ccc1C(F)(F)F)C1CCCO1. The summed E-state index contributed by atoms with van der Waals surface area (Å²) in [6.45, 7) is 2.53. The smallest absolute Gasteiger partial charge is 0.379 e. The fourth-order valence-corrected chi connectivity index (χ4v) is 2.58. The van der Waals surface area contributed by atoms with E-state index in [1.165, 1.54) is 12.1 Å². The van der Waals surface area contributed by atoms with Crippen LogP contribution in [0.3, 0.4) is 0 Å². The van der Waals surface area contributed by atoms with Crippen molar-refractivity contribution in [3.05, 3.63) is 28.2 Å². The van der Waals surface area contributed by atoms with Crippen molar-refractivity contribution in [2.45, 2.75) is 38.1 Å². The number of alkyl halides is 3. The summed E-state index contributed by atoms with van der Waals surface area (Å²) in [5.74, 6) is 0. The van der Waals surface area contributed by atoms with Crippen LogP contribution in [0.1, 0.15) is 25.3 Å². The van der Waals surface area contributed by atoms with Crippen LogP contribution in [0.5, 0.6) is 0 Å². The van der Waals surface area contributed by atoms with E-state index in [1.807, 2.05) is 6.92 Å². The van der Waals surface area contributed by atoms with Gasteiger partial charge in [-0.25, -0.2) is 0 Å². The van der Waals surface area contributed by atoms with Crippen LogP contribution in [0.4, 0.5) is 18.9 Å². The second-order valence-electron chi connectivity index (χ2n) is 4.67. The molecule has 2 unspecified atom stereocenters. The molecule has 106 valence electrons. The van der Waals surface area contributed by atoms with Gasteiger partial charge in [0.25, 0.3) is 0 Å². The van der Waals surface area contributed by atoms with E-state index in [0.29, 0.717) is 11.1 Å². The summed E-state index contributed by atoms with van der Waals surface area (Å²) in [4.78, 5) is 0. The molecule has 1 heterocycles. The third-order valence-corrected chi connectivity index (χ3v) is 3.69. The third-order valence-electron chi connectivity index (χ3n) is 3.19. The summed E-state index contributed by atoms with van der Waals surface area (Å²) in [5, 5.41) is 2.92. The number of ether oxygens (including phenoxy) is 1. The van der Waals surface area contributed by atoms with Crippen molar-refractivity contribution in [1.82, 2.24) is 0 Å². The number of benzene rings is 1. The Morgan fingerprint density at radius 3 is 2.74 bits per heavy atom. The fraction of sp³-hybridized carbons (Fsp3) is 0.538. The van der Waals surface area contributed by atoms with Gasteiger partial charge >= 0.3 is 6.18 Å². The number of anilines is 1. The first-order valence-electron chi connectivity index (χ1n) is 6.13. The minimum atomic E-state index is -4.36. The monoisotopic (exact) mass is 337 g/mol. The lowest BCUT2D eigenvalue weighted by atomic mass is 10.1. The summed E-state index contributed by atoms with van der Waals surface area (Å²) >= 11 is 3.20. The molecular formula is C13H15BrF3NO. The molecule has 1 fully saturated rings. The van der Waals surface area contributed by atoms with E-state index in [9.17, 15) is 13.2 Å². The zero-order chi connectivity index (χ0) is 14.0. The van der Waals surface area contributed by atoms with Crippen LogP contribution in [0, 0.1) is 0 Å². The van der Waals surface area contributed by atoms with E-state index in [-0.39, 0.29) is 17.8 Å². The predicted octanol–water partition coefficient (Wildman–Crippen LogP) is 4.45. The molecule has 1 saturated heterocycles. The van der Waals surface area contributed by atoms with Gasteiger partial charge in [-0.3, -0.25) is 0 Å². The Balaban J connectivity index is 2.20. The molecule has 0 aliphatic carbocycles. The Hall–Kier alpha value is -0.750. The molecule has 0 aromatic heterocycles. The lowest BCUT2D eigenvalue weighted by molar-refractivity contribution is -0.137. The first kappa shape index (κ1) is 14.7. The lowest BCUT2D eigenvalue weighted by Crippen LogP contribution is -2.31. The van der Waals surface area contributed by atoms with Crippen LogP contribution in [0.2, 0.25) is 0 Å². The van der Waals surface area contributed by atoms with Crippen molar-refractivity contribution in [1.29, 1.82) is 0 Å². The predicted molar refractivity (Wildman–Crippen MR) is 71.2 cm³/mol. The van der Waals surface area contributed by atoms with Crippen LogP contribution in [-0.4, -0.2) is 18.8 Å². The second kappa shape index (κ2) is 5.71. The van der Waals surface area contributed by atoms with Gasteiger partial charge in [0.1, 0.15) is 0 Å². The molecule has 0 radical (unpaired) electrons. The Bertz CT molecular complexity index is 444. The molecule has 0 spiro atoms. The molecule has 0 amide bonds. The molecular weight excluding hydrogens is 323 g/mol. The van der Waals surface area contributed by atoms with E-state index in [2.05, 4.69) is 21.2 Å². The zero-order valence-electron chi connectivity index (χ0n) is 10.4. The van der Waals surface area contributed by atoms with Crippen molar-refractivity contribution in [3.8, 4) is 0 Å². The summed E-state index contributed by atoms with van der Waals surface area (Å²) in [7, 11) is 0. The van der Waals surface area contributed by atoms with Gasteiger partial charge in [-0.2, -0.15) is 13.2 Å². The number of rotatable bonds is 3. The lowest BCUT2D eigenvalue weighted by Gasteiger charge is -2.23. The van der Waals surface area contributed by atoms with Gasteiger partial charge in [0, 0.05) is 22.8 Å². The van der Waals surface area contributed by atoms with Gasteiger partial charge in [-0.1, -0.05) is 15.9 Å². The van der Waals surface area contributed by atoms with Gasteiger partial charge < -0.3 is 10.1 Å². The van der Waals surface area contributed by atoms with Crippen LogP contribution in [-0.2, 0) is 10.9 Å². The largest absolute Gasteiger partial charge is 0.418 e. The number of hydrogen-bond donors (Lipinski definition) is 1. The minimum absolute atomic E-state index is 0.0277. The Labute approximate surface area is 118 Å². The van der Waals surface area contributed by atoms with E-state index in [1.54, 1.807) is 0 Å². The van der Waals surface area contributed by atoms with Gasteiger partial charge in [0.05, 0.1) is 11.7 Å². The van der Waals surface area contributed by atoms with Crippen molar-refractivity contribution < 1.29 is 17.9 Å². The fourth-order valence-electron chi connectivity index (χ4n) is 2.22. The summed E-state index contributed by atoms with van der Waals surface area (Å²) in [6, 6.07) is 3.77. The van der Waals surface area contributed by atoms with Crippen LogP contribution >= 0.6 is 15.9 Å². The maximum absolute atomic E-state index is 12.9. The number of halogens is 4. The summed E-state index contributed by atoms with van der Waals surface area (Å²) in [6.07, 6.45) is -2.55. The zero-order valence-corrected chi connectivity index (χ0v) is 12.0. The Kier molecular flexibility index (Phi) is 4.40. The van der Waals surface area contributed by atoms with Crippen LogP contribution in [0.15, 0.2) is 22.7 Å². The standard InChI is InChI=1S/C13H15BrF3NO/c1-8(12-3-2-6-19-12)18-11-7-9(14)4-5-10(11)13(15,16)17/h4-5,7-8,12,18H,2-3,6H2,1H3. The second-order valence-corrected chi connectivity index (χ2v) is 5.59. The highest BCUT2D eigenvalue weighted by molar-refractivity contribution is 9.10. The summed E-state index contributed by atoms with van der Waals surface area (Å²) < 4.78 is 44.9. The molecule has 2 rings (SSSR count). The van der Waals surface area contributed by atoms with Crippen molar-refractivity contribution >= 4 is 21.6 Å². The number of nitrogens with one attached hydrogen (secondary N) is 1. The molecule has 0 bridgehead atoms.